The first-order valence-electron chi connectivity index (χ1n) is 9.35. The lowest BCUT2D eigenvalue weighted by atomic mass is 9.96. The second kappa shape index (κ2) is 9.55. The zero-order chi connectivity index (χ0) is 19.9. The molecule has 0 saturated heterocycles. The Morgan fingerprint density at radius 2 is 1.86 bits per heavy atom. The smallest absolute Gasteiger partial charge is 0.339 e. The molecule has 1 atom stereocenters. The molecule has 1 N–H and O–H groups in total. The van der Waals surface area contributed by atoms with Crippen molar-refractivity contribution in [2.75, 3.05) is 11.1 Å². The summed E-state index contributed by atoms with van der Waals surface area (Å²) in [6.45, 7) is 1.98. The van der Waals surface area contributed by atoms with Gasteiger partial charge in [0.05, 0.1) is 11.3 Å². The number of ketones is 1. The zero-order valence-corrected chi connectivity index (χ0v) is 16.6. The van der Waals surface area contributed by atoms with Gasteiger partial charge in [-0.05, 0) is 50.5 Å². The van der Waals surface area contributed by atoms with Crippen LogP contribution in [0.5, 0.6) is 0 Å². The second-order valence-corrected chi connectivity index (χ2v) is 7.82. The van der Waals surface area contributed by atoms with E-state index in [0.29, 0.717) is 23.3 Å². The Labute approximate surface area is 168 Å². The number of ether oxygens (including phenoxy) is 1. The van der Waals surface area contributed by atoms with Gasteiger partial charge in [0, 0.05) is 17.0 Å². The van der Waals surface area contributed by atoms with Gasteiger partial charge in [-0.2, -0.15) is 0 Å². The number of anilines is 1. The number of thioether (sulfide) groups is 1. The minimum atomic E-state index is -0.649. The highest BCUT2D eigenvalue weighted by Gasteiger charge is 2.27. The van der Waals surface area contributed by atoms with Crippen molar-refractivity contribution >= 4 is 35.1 Å². The van der Waals surface area contributed by atoms with E-state index in [1.54, 1.807) is 18.2 Å². The fraction of sp³-hybridized carbons (Fsp3) is 0.318. The number of hydrogen-bond acceptors (Lipinski definition) is 5. The summed E-state index contributed by atoms with van der Waals surface area (Å²) in [4.78, 5) is 37.4. The number of rotatable bonds is 6. The minimum absolute atomic E-state index is 0.0118. The molecule has 0 heterocycles. The Morgan fingerprint density at radius 3 is 2.61 bits per heavy atom. The third kappa shape index (κ3) is 5.45. The van der Waals surface area contributed by atoms with Crippen LogP contribution in [0.3, 0.4) is 0 Å². The number of esters is 1. The number of benzene rings is 2. The topological polar surface area (TPSA) is 72.5 Å². The van der Waals surface area contributed by atoms with Crippen molar-refractivity contribution in [1.82, 2.24) is 0 Å². The first-order valence-corrected chi connectivity index (χ1v) is 10.3. The fourth-order valence-electron chi connectivity index (χ4n) is 3.01. The largest absolute Gasteiger partial charge is 0.451 e. The van der Waals surface area contributed by atoms with Gasteiger partial charge >= 0.3 is 5.97 Å². The zero-order valence-electron chi connectivity index (χ0n) is 15.8. The first kappa shape index (κ1) is 20.1. The summed E-state index contributed by atoms with van der Waals surface area (Å²) in [5.74, 6) is -0.510. The van der Waals surface area contributed by atoms with Crippen LogP contribution in [0.2, 0.25) is 0 Å². The van der Waals surface area contributed by atoms with E-state index < -0.39 is 12.1 Å². The van der Waals surface area contributed by atoms with Crippen molar-refractivity contribution in [3.05, 3.63) is 59.7 Å². The predicted octanol–water partition coefficient (Wildman–Crippen LogP) is 4.39. The van der Waals surface area contributed by atoms with Crippen LogP contribution in [0.4, 0.5) is 5.69 Å². The predicted molar refractivity (Wildman–Crippen MR) is 110 cm³/mol. The lowest BCUT2D eigenvalue weighted by Crippen LogP contribution is -2.30. The molecule has 0 aromatic heterocycles. The van der Waals surface area contributed by atoms with Gasteiger partial charge in [-0.25, -0.2) is 4.79 Å². The molecule has 0 aliphatic heterocycles. The van der Waals surface area contributed by atoms with Crippen molar-refractivity contribution in [2.45, 2.75) is 43.6 Å². The first-order chi connectivity index (χ1) is 13.5. The van der Waals surface area contributed by atoms with Gasteiger partial charge in [0.15, 0.2) is 11.9 Å². The highest BCUT2D eigenvalue weighted by atomic mass is 32.2. The molecule has 28 heavy (non-hydrogen) atoms. The third-order valence-electron chi connectivity index (χ3n) is 4.55. The lowest BCUT2D eigenvalue weighted by molar-refractivity contribution is -0.130. The summed E-state index contributed by atoms with van der Waals surface area (Å²) < 4.78 is 5.44. The Hall–Kier alpha value is -2.60. The van der Waals surface area contributed by atoms with Gasteiger partial charge in [0.25, 0.3) is 0 Å². The number of amides is 1. The highest BCUT2D eigenvalue weighted by molar-refractivity contribution is 8.00. The Kier molecular flexibility index (Phi) is 6.87. The molecule has 6 heteroatoms. The van der Waals surface area contributed by atoms with Crippen LogP contribution >= 0.6 is 11.8 Å². The minimum Gasteiger partial charge on any atom is -0.451 e. The maximum Gasteiger partial charge on any atom is 0.339 e. The summed E-state index contributed by atoms with van der Waals surface area (Å²) in [6, 6.07) is 14.6. The van der Waals surface area contributed by atoms with Crippen molar-refractivity contribution < 1.29 is 19.1 Å². The van der Waals surface area contributed by atoms with Crippen LogP contribution < -0.4 is 5.32 Å². The monoisotopic (exact) mass is 397 g/mol. The number of aryl methyl sites for hydroxylation is 1. The fourth-order valence-corrected chi connectivity index (χ4v) is 3.85. The van der Waals surface area contributed by atoms with Gasteiger partial charge in [0.1, 0.15) is 0 Å². The van der Waals surface area contributed by atoms with Crippen molar-refractivity contribution in [3.63, 3.8) is 0 Å². The quantitative estimate of drug-likeness (QED) is 0.578. The molecule has 1 amide bonds. The molecular formula is C22H23NO4S. The molecule has 1 fully saturated rings. The van der Waals surface area contributed by atoms with Gasteiger partial charge in [-0.15, -0.1) is 11.8 Å². The maximum absolute atomic E-state index is 12.6. The average Bonchev–Trinajstić information content (AvgIpc) is 2.70. The highest BCUT2D eigenvalue weighted by Crippen LogP contribution is 2.25. The van der Waals surface area contributed by atoms with E-state index in [2.05, 4.69) is 5.32 Å². The third-order valence-corrected chi connectivity index (χ3v) is 5.62. The molecule has 0 unspecified atom stereocenters. The van der Waals surface area contributed by atoms with Crippen LogP contribution in [-0.4, -0.2) is 29.5 Å². The van der Waals surface area contributed by atoms with E-state index >= 15 is 0 Å². The van der Waals surface area contributed by atoms with Crippen LogP contribution in [0, 0.1) is 6.92 Å². The SMILES string of the molecule is Cc1ccc(NC(=O)CSc2ccccc2C(=O)O[C@@H]2CCCCC2=O)cc1. The summed E-state index contributed by atoms with van der Waals surface area (Å²) >= 11 is 1.27. The van der Waals surface area contributed by atoms with Gasteiger partial charge in [-0.1, -0.05) is 29.8 Å². The molecule has 0 radical (unpaired) electrons. The van der Waals surface area contributed by atoms with Crippen molar-refractivity contribution in [2.24, 2.45) is 0 Å². The molecule has 2 aromatic rings. The van der Waals surface area contributed by atoms with Gasteiger partial charge < -0.3 is 10.1 Å². The van der Waals surface area contributed by atoms with E-state index in [9.17, 15) is 14.4 Å². The summed E-state index contributed by atoms with van der Waals surface area (Å²) in [5.41, 5.74) is 2.24. The molecule has 3 rings (SSSR count). The standard InChI is InChI=1S/C22H23NO4S/c1-15-10-12-16(13-11-15)23-21(25)14-28-20-9-5-2-6-17(20)22(26)27-19-8-4-3-7-18(19)24/h2,5-6,9-13,19H,3-4,7-8,14H2,1H3,(H,23,25)/t19-/m1/s1. The van der Waals surface area contributed by atoms with E-state index in [1.807, 2.05) is 37.3 Å². The Bertz CT molecular complexity index is 863. The Balaban J connectivity index is 1.60. The molecule has 0 bridgehead atoms. The van der Waals surface area contributed by atoms with Crippen molar-refractivity contribution in [1.29, 1.82) is 0 Å². The molecular weight excluding hydrogens is 374 g/mol. The van der Waals surface area contributed by atoms with Crippen LogP contribution in [-0.2, 0) is 14.3 Å². The lowest BCUT2D eigenvalue weighted by Gasteiger charge is -2.21. The molecule has 1 saturated carbocycles. The average molecular weight is 397 g/mol. The van der Waals surface area contributed by atoms with Gasteiger partial charge in [-0.3, -0.25) is 9.59 Å². The van der Waals surface area contributed by atoms with E-state index in [4.69, 9.17) is 4.74 Å². The maximum atomic E-state index is 12.6. The molecule has 2 aromatic carbocycles. The summed E-state index contributed by atoms with van der Waals surface area (Å²) in [5, 5.41) is 2.84. The number of Topliss-reactive ketones (excluding diaryl/α,β-unsaturated/α-hetero) is 1. The molecule has 1 aliphatic rings. The van der Waals surface area contributed by atoms with E-state index in [-0.39, 0.29) is 17.4 Å². The number of nitrogens with one attached hydrogen (secondary N) is 1. The second-order valence-electron chi connectivity index (χ2n) is 6.81. The molecule has 1 aliphatic carbocycles. The molecule has 5 nitrogen and oxygen atoms in total. The van der Waals surface area contributed by atoms with E-state index in [1.165, 1.54) is 11.8 Å². The molecule has 146 valence electrons. The summed E-state index contributed by atoms with van der Waals surface area (Å²) in [6.07, 6.45) is 2.14. The number of carbonyl (C=O) groups is 3. The Morgan fingerprint density at radius 1 is 1.11 bits per heavy atom. The van der Waals surface area contributed by atoms with Crippen molar-refractivity contribution in [3.8, 4) is 0 Å². The van der Waals surface area contributed by atoms with Gasteiger partial charge in [0.2, 0.25) is 5.91 Å². The van der Waals surface area contributed by atoms with Crippen LogP contribution in [0.25, 0.3) is 0 Å². The van der Waals surface area contributed by atoms with E-state index in [0.717, 1.165) is 24.1 Å². The summed E-state index contributed by atoms with van der Waals surface area (Å²) in [7, 11) is 0. The molecule has 0 spiro atoms. The van der Waals surface area contributed by atoms with Crippen LogP contribution in [0.1, 0.15) is 41.6 Å². The number of carbonyl (C=O) groups excluding carboxylic acids is 3. The number of hydrogen-bond donors (Lipinski definition) is 1. The van der Waals surface area contributed by atoms with Crippen LogP contribution in [0.15, 0.2) is 53.4 Å². The normalized spacial score (nSPS) is 16.5.